The fraction of sp³-hybridized carbons (Fsp3) is 0.368. The van der Waals surface area contributed by atoms with E-state index in [2.05, 4.69) is 20.6 Å². The molecule has 0 fully saturated rings. The SMILES string of the molecule is CCNC(=NCc1ccc(OCC)c(F)c1)NCCc1ccccn1.I. The third-order valence-electron chi connectivity index (χ3n) is 3.46. The second kappa shape index (κ2) is 12.5. The summed E-state index contributed by atoms with van der Waals surface area (Å²) >= 11 is 0. The van der Waals surface area contributed by atoms with E-state index < -0.39 is 0 Å². The fourth-order valence-electron chi connectivity index (χ4n) is 2.28. The van der Waals surface area contributed by atoms with Crippen LogP contribution in [0.4, 0.5) is 4.39 Å². The third kappa shape index (κ3) is 7.55. The summed E-state index contributed by atoms with van der Waals surface area (Å²) in [6.45, 7) is 6.15. The average Bonchev–Trinajstić information content (AvgIpc) is 2.63. The van der Waals surface area contributed by atoms with Crippen LogP contribution in [0.1, 0.15) is 25.1 Å². The molecule has 2 rings (SSSR count). The van der Waals surface area contributed by atoms with Gasteiger partial charge in [-0.2, -0.15) is 0 Å². The lowest BCUT2D eigenvalue weighted by molar-refractivity contribution is 0.321. The molecule has 0 amide bonds. The van der Waals surface area contributed by atoms with E-state index >= 15 is 0 Å². The Kier molecular flexibility index (Phi) is 10.6. The summed E-state index contributed by atoms with van der Waals surface area (Å²) in [5, 5.41) is 6.45. The minimum Gasteiger partial charge on any atom is -0.491 e. The van der Waals surface area contributed by atoms with Gasteiger partial charge in [-0.3, -0.25) is 4.98 Å². The molecular weight excluding hydrogens is 446 g/mol. The maximum atomic E-state index is 13.9. The Balaban J connectivity index is 0.00000338. The number of aliphatic imine (C=N–C) groups is 1. The Morgan fingerprint density at radius 3 is 2.69 bits per heavy atom. The van der Waals surface area contributed by atoms with E-state index in [1.807, 2.05) is 38.1 Å². The van der Waals surface area contributed by atoms with Crippen LogP contribution in [0.15, 0.2) is 47.6 Å². The van der Waals surface area contributed by atoms with Gasteiger partial charge in [-0.15, -0.1) is 24.0 Å². The van der Waals surface area contributed by atoms with E-state index in [-0.39, 0.29) is 35.5 Å². The number of guanidine groups is 1. The largest absolute Gasteiger partial charge is 0.491 e. The molecule has 0 aliphatic heterocycles. The molecule has 0 bridgehead atoms. The lowest BCUT2D eigenvalue weighted by Gasteiger charge is -2.11. The first-order valence-electron chi connectivity index (χ1n) is 8.56. The quantitative estimate of drug-likeness (QED) is 0.351. The van der Waals surface area contributed by atoms with Gasteiger partial charge in [0.25, 0.3) is 0 Å². The molecule has 0 aliphatic carbocycles. The number of nitrogens with one attached hydrogen (secondary N) is 2. The molecule has 0 aliphatic rings. The number of benzene rings is 1. The molecule has 0 spiro atoms. The van der Waals surface area contributed by atoms with Crippen molar-refractivity contribution in [1.29, 1.82) is 0 Å². The Morgan fingerprint density at radius 2 is 2.04 bits per heavy atom. The number of hydrogen-bond donors (Lipinski definition) is 2. The van der Waals surface area contributed by atoms with Gasteiger partial charge in [-0.1, -0.05) is 12.1 Å². The van der Waals surface area contributed by atoms with Gasteiger partial charge < -0.3 is 15.4 Å². The zero-order valence-electron chi connectivity index (χ0n) is 15.2. The number of hydrogen-bond acceptors (Lipinski definition) is 3. The molecule has 5 nitrogen and oxygen atoms in total. The topological polar surface area (TPSA) is 58.5 Å². The van der Waals surface area contributed by atoms with Crippen molar-refractivity contribution in [2.45, 2.75) is 26.8 Å². The highest BCUT2D eigenvalue weighted by Gasteiger charge is 2.04. The molecule has 1 aromatic heterocycles. The number of rotatable bonds is 8. The van der Waals surface area contributed by atoms with E-state index in [1.165, 1.54) is 6.07 Å². The van der Waals surface area contributed by atoms with Crippen molar-refractivity contribution < 1.29 is 9.13 Å². The standard InChI is InChI=1S/C19H25FN4O.HI/c1-3-21-19(23-12-10-16-7-5-6-11-22-16)24-14-15-8-9-18(25-4-2)17(20)13-15;/h5-9,11,13H,3-4,10,12,14H2,1-2H3,(H2,21,23,24);1H. The molecule has 0 radical (unpaired) electrons. The summed E-state index contributed by atoms with van der Waals surface area (Å²) in [5.74, 6) is 0.617. The Bertz CT molecular complexity index is 682. The zero-order valence-corrected chi connectivity index (χ0v) is 17.5. The van der Waals surface area contributed by atoms with E-state index in [4.69, 9.17) is 4.74 Å². The monoisotopic (exact) mass is 472 g/mol. The van der Waals surface area contributed by atoms with E-state index in [0.29, 0.717) is 19.1 Å². The van der Waals surface area contributed by atoms with Gasteiger partial charge in [0.05, 0.1) is 13.2 Å². The highest BCUT2D eigenvalue weighted by Crippen LogP contribution is 2.18. The molecule has 7 heteroatoms. The van der Waals surface area contributed by atoms with Gasteiger partial charge in [-0.25, -0.2) is 9.38 Å². The molecule has 1 heterocycles. The normalized spacial score (nSPS) is 10.8. The first-order chi connectivity index (χ1) is 12.2. The highest BCUT2D eigenvalue weighted by atomic mass is 127. The molecular formula is C19H26FIN4O. The van der Waals surface area contributed by atoms with Crippen LogP contribution in [0.3, 0.4) is 0 Å². The van der Waals surface area contributed by atoms with Crippen molar-refractivity contribution in [2.24, 2.45) is 4.99 Å². The smallest absolute Gasteiger partial charge is 0.191 e. The molecule has 1 aromatic carbocycles. The van der Waals surface area contributed by atoms with Crippen molar-refractivity contribution in [3.05, 3.63) is 59.7 Å². The molecule has 0 unspecified atom stereocenters. The summed E-state index contributed by atoms with van der Waals surface area (Å²) in [4.78, 5) is 8.79. The van der Waals surface area contributed by atoms with Gasteiger partial charge in [0.1, 0.15) is 0 Å². The Morgan fingerprint density at radius 1 is 1.19 bits per heavy atom. The molecule has 26 heavy (non-hydrogen) atoms. The molecule has 0 saturated carbocycles. The van der Waals surface area contributed by atoms with Gasteiger partial charge >= 0.3 is 0 Å². The summed E-state index contributed by atoms with van der Waals surface area (Å²) in [6, 6.07) is 10.8. The summed E-state index contributed by atoms with van der Waals surface area (Å²) in [6.07, 6.45) is 2.60. The molecule has 0 saturated heterocycles. The summed E-state index contributed by atoms with van der Waals surface area (Å²) in [7, 11) is 0. The minimum atomic E-state index is -0.359. The minimum absolute atomic E-state index is 0. The van der Waals surface area contributed by atoms with E-state index in [0.717, 1.165) is 30.8 Å². The van der Waals surface area contributed by atoms with Gasteiger partial charge in [0.15, 0.2) is 17.5 Å². The van der Waals surface area contributed by atoms with E-state index in [1.54, 1.807) is 12.3 Å². The van der Waals surface area contributed by atoms with Crippen molar-refractivity contribution >= 4 is 29.9 Å². The highest BCUT2D eigenvalue weighted by molar-refractivity contribution is 14.0. The Labute approximate surface area is 171 Å². The summed E-state index contributed by atoms with van der Waals surface area (Å²) in [5.41, 5.74) is 1.82. The second-order valence-electron chi connectivity index (χ2n) is 5.39. The van der Waals surface area contributed by atoms with Crippen LogP contribution < -0.4 is 15.4 Å². The average molecular weight is 472 g/mol. The molecule has 2 aromatic rings. The van der Waals surface area contributed by atoms with Crippen LogP contribution in [0.5, 0.6) is 5.75 Å². The van der Waals surface area contributed by atoms with Crippen LogP contribution in [0, 0.1) is 5.82 Å². The van der Waals surface area contributed by atoms with Crippen LogP contribution in [-0.2, 0) is 13.0 Å². The number of ether oxygens (including phenoxy) is 1. The zero-order chi connectivity index (χ0) is 17.9. The van der Waals surface area contributed by atoms with Crippen molar-refractivity contribution in [3.8, 4) is 5.75 Å². The molecule has 0 atom stereocenters. The van der Waals surface area contributed by atoms with Gasteiger partial charge in [-0.05, 0) is 43.7 Å². The third-order valence-corrected chi connectivity index (χ3v) is 3.46. The van der Waals surface area contributed by atoms with Crippen LogP contribution >= 0.6 is 24.0 Å². The fourth-order valence-corrected chi connectivity index (χ4v) is 2.28. The van der Waals surface area contributed by atoms with Crippen LogP contribution in [0.25, 0.3) is 0 Å². The predicted octanol–water partition coefficient (Wildman–Crippen LogP) is 3.54. The maximum absolute atomic E-state index is 13.9. The number of nitrogens with zero attached hydrogens (tertiary/aromatic N) is 2. The number of pyridine rings is 1. The van der Waals surface area contributed by atoms with Crippen molar-refractivity contribution in [3.63, 3.8) is 0 Å². The molecule has 142 valence electrons. The van der Waals surface area contributed by atoms with Crippen molar-refractivity contribution in [2.75, 3.05) is 19.7 Å². The predicted molar refractivity (Wildman–Crippen MR) is 114 cm³/mol. The lowest BCUT2D eigenvalue weighted by Crippen LogP contribution is -2.38. The number of aromatic nitrogens is 1. The number of halogens is 2. The van der Waals surface area contributed by atoms with Crippen LogP contribution in [0.2, 0.25) is 0 Å². The molecule has 2 N–H and O–H groups in total. The first kappa shape index (κ1) is 22.1. The maximum Gasteiger partial charge on any atom is 0.191 e. The van der Waals surface area contributed by atoms with Gasteiger partial charge in [0, 0.05) is 31.4 Å². The first-order valence-corrected chi connectivity index (χ1v) is 8.56. The Hall–Kier alpha value is -1.90. The summed E-state index contributed by atoms with van der Waals surface area (Å²) < 4.78 is 19.1. The lowest BCUT2D eigenvalue weighted by atomic mass is 10.2. The van der Waals surface area contributed by atoms with Crippen molar-refractivity contribution in [1.82, 2.24) is 15.6 Å². The second-order valence-corrected chi connectivity index (χ2v) is 5.39. The van der Waals surface area contributed by atoms with Gasteiger partial charge in [0.2, 0.25) is 0 Å². The van der Waals surface area contributed by atoms with E-state index in [9.17, 15) is 4.39 Å². The van der Waals surface area contributed by atoms with Crippen LogP contribution in [-0.4, -0.2) is 30.6 Å².